The Morgan fingerprint density at radius 1 is 1.43 bits per heavy atom. The fourth-order valence-corrected chi connectivity index (χ4v) is 1.98. The molecule has 6 nitrogen and oxygen atoms in total. The second-order valence-electron chi connectivity index (χ2n) is 5.30. The summed E-state index contributed by atoms with van der Waals surface area (Å²) in [4.78, 5) is 15.9. The first kappa shape index (κ1) is 15.6. The molecule has 1 fully saturated rings. The molecule has 0 bridgehead atoms. The molecule has 116 valence electrons. The van der Waals surface area contributed by atoms with Crippen LogP contribution in [0.4, 0.5) is 4.79 Å². The summed E-state index contributed by atoms with van der Waals surface area (Å²) in [5.74, 6) is 1.21. The van der Waals surface area contributed by atoms with Gasteiger partial charge < -0.3 is 20.1 Å². The topological polar surface area (TPSA) is 72.5 Å². The Labute approximate surface area is 125 Å². The van der Waals surface area contributed by atoms with Crippen molar-refractivity contribution in [1.82, 2.24) is 15.6 Å². The number of methoxy groups -OCH3 is 1. The van der Waals surface area contributed by atoms with Gasteiger partial charge in [-0.15, -0.1) is 0 Å². The summed E-state index contributed by atoms with van der Waals surface area (Å²) >= 11 is 0. The van der Waals surface area contributed by atoms with E-state index in [0.29, 0.717) is 31.6 Å². The Morgan fingerprint density at radius 2 is 2.24 bits per heavy atom. The molecule has 0 spiro atoms. The Hall–Kier alpha value is -1.82. The first-order valence-electron chi connectivity index (χ1n) is 7.30. The van der Waals surface area contributed by atoms with Crippen LogP contribution in [0.15, 0.2) is 18.3 Å². The van der Waals surface area contributed by atoms with E-state index < -0.39 is 0 Å². The van der Waals surface area contributed by atoms with Gasteiger partial charge in [0.25, 0.3) is 0 Å². The highest BCUT2D eigenvalue weighted by Crippen LogP contribution is 2.32. The predicted octanol–water partition coefficient (Wildman–Crippen LogP) is 1.70. The van der Waals surface area contributed by atoms with Crippen molar-refractivity contribution in [1.29, 1.82) is 0 Å². The van der Waals surface area contributed by atoms with Crippen LogP contribution in [0.25, 0.3) is 0 Å². The summed E-state index contributed by atoms with van der Waals surface area (Å²) in [6.07, 6.45) is 4.14. The number of carbonyl (C=O) groups is 1. The minimum absolute atomic E-state index is 0.130. The second kappa shape index (κ2) is 7.83. The van der Waals surface area contributed by atoms with E-state index in [-0.39, 0.29) is 12.1 Å². The molecule has 2 rings (SSSR count). The van der Waals surface area contributed by atoms with Crippen LogP contribution in [-0.4, -0.2) is 37.4 Å². The van der Waals surface area contributed by atoms with E-state index in [1.165, 1.54) is 12.8 Å². The smallest absolute Gasteiger partial charge is 0.315 e. The minimum Gasteiger partial charge on any atom is -0.475 e. The van der Waals surface area contributed by atoms with E-state index in [1.807, 2.05) is 13.0 Å². The predicted molar refractivity (Wildman–Crippen MR) is 79.2 cm³/mol. The normalized spacial score (nSPS) is 15.3. The third-order valence-corrected chi connectivity index (χ3v) is 3.48. The molecular formula is C15H23N3O3. The number of hydrogen-bond acceptors (Lipinski definition) is 4. The van der Waals surface area contributed by atoms with Crippen molar-refractivity contribution in [2.45, 2.75) is 32.4 Å². The van der Waals surface area contributed by atoms with E-state index >= 15 is 0 Å². The first-order valence-corrected chi connectivity index (χ1v) is 7.30. The van der Waals surface area contributed by atoms with Crippen LogP contribution in [0.2, 0.25) is 0 Å². The molecule has 0 saturated heterocycles. The van der Waals surface area contributed by atoms with Gasteiger partial charge in [0.2, 0.25) is 5.88 Å². The van der Waals surface area contributed by atoms with Gasteiger partial charge in [-0.2, -0.15) is 0 Å². The van der Waals surface area contributed by atoms with E-state index in [4.69, 9.17) is 9.47 Å². The minimum atomic E-state index is -0.130. The highest BCUT2D eigenvalue weighted by Gasteiger charge is 2.28. The molecule has 1 aliphatic rings. The van der Waals surface area contributed by atoms with Crippen molar-refractivity contribution >= 4 is 6.03 Å². The largest absolute Gasteiger partial charge is 0.475 e. The summed E-state index contributed by atoms with van der Waals surface area (Å²) in [6.45, 7) is 3.51. The zero-order valence-electron chi connectivity index (χ0n) is 12.6. The van der Waals surface area contributed by atoms with Crippen LogP contribution < -0.4 is 15.4 Å². The van der Waals surface area contributed by atoms with E-state index in [0.717, 1.165) is 5.56 Å². The van der Waals surface area contributed by atoms with E-state index in [1.54, 1.807) is 19.4 Å². The van der Waals surface area contributed by atoms with Crippen molar-refractivity contribution in [3.8, 4) is 5.88 Å². The molecule has 2 N–H and O–H groups in total. The van der Waals surface area contributed by atoms with Crippen LogP contribution in [-0.2, 0) is 11.3 Å². The average molecular weight is 293 g/mol. The van der Waals surface area contributed by atoms with Gasteiger partial charge in [-0.25, -0.2) is 9.78 Å². The average Bonchev–Trinajstić information content (AvgIpc) is 3.31. The number of amides is 2. The van der Waals surface area contributed by atoms with Gasteiger partial charge in [0.1, 0.15) is 6.61 Å². The fraction of sp³-hybridized carbons (Fsp3) is 0.600. The number of nitrogens with zero attached hydrogens (tertiary/aromatic N) is 1. The molecule has 2 amide bonds. The third kappa shape index (κ3) is 5.59. The van der Waals surface area contributed by atoms with Gasteiger partial charge in [-0.3, -0.25) is 0 Å². The molecular weight excluding hydrogens is 270 g/mol. The molecule has 1 atom stereocenters. The molecule has 0 aliphatic heterocycles. The molecule has 1 aliphatic carbocycles. The lowest BCUT2D eigenvalue weighted by atomic mass is 10.2. The second-order valence-corrected chi connectivity index (χ2v) is 5.30. The van der Waals surface area contributed by atoms with Gasteiger partial charge in [0.15, 0.2) is 0 Å². The molecule has 1 aromatic heterocycles. The van der Waals surface area contributed by atoms with Gasteiger partial charge in [-0.05, 0) is 31.2 Å². The van der Waals surface area contributed by atoms with Gasteiger partial charge >= 0.3 is 6.03 Å². The number of pyridine rings is 1. The Bertz CT molecular complexity index is 446. The monoisotopic (exact) mass is 293 g/mol. The molecule has 0 aromatic carbocycles. The van der Waals surface area contributed by atoms with Gasteiger partial charge in [0.05, 0.1) is 6.61 Å². The van der Waals surface area contributed by atoms with Crippen molar-refractivity contribution in [3.05, 3.63) is 23.9 Å². The molecule has 0 radical (unpaired) electrons. The Morgan fingerprint density at radius 3 is 2.86 bits per heavy atom. The van der Waals surface area contributed by atoms with Crippen molar-refractivity contribution < 1.29 is 14.3 Å². The number of nitrogens with one attached hydrogen (secondary N) is 2. The standard InChI is InChI=1S/C15H23N3O3/c1-11(13-4-5-13)18-15(19)17-10-12-3-6-14(16-9-12)21-8-7-20-2/h3,6,9,11,13H,4-5,7-8,10H2,1-2H3,(H2,17,18,19). The van der Waals surface area contributed by atoms with Crippen LogP contribution >= 0.6 is 0 Å². The Kier molecular flexibility index (Phi) is 5.80. The Balaban J connectivity index is 1.68. The maximum Gasteiger partial charge on any atom is 0.315 e. The molecule has 6 heteroatoms. The molecule has 1 aromatic rings. The first-order chi connectivity index (χ1) is 10.2. The number of ether oxygens (including phenoxy) is 2. The van der Waals surface area contributed by atoms with Gasteiger partial charge in [0, 0.05) is 32.0 Å². The zero-order valence-corrected chi connectivity index (χ0v) is 12.6. The van der Waals surface area contributed by atoms with Crippen molar-refractivity contribution in [3.63, 3.8) is 0 Å². The number of hydrogen-bond donors (Lipinski definition) is 2. The molecule has 21 heavy (non-hydrogen) atoms. The fourth-order valence-electron chi connectivity index (χ4n) is 1.98. The lowest BCUT2D eigenvalue weighted by Crippen LogP contribution is -2.41. The summed E-state index contributed by atoms with van der Waals surface area (Å²) in [7, 11) is 1.63. The molecule has 1 heterocycles. The van der Waals surface area contributed by atoms with E-state index in [2.05, 4.69) is 15.6 Å². The lowest BCUT2D eigenvalue weighted by molar-refractivity contribution is 0.143. The SMILES string of the molecule is COCCOc1ccc(CNC(=O)NC(C)C2CC2)cn1. The van der Waals surface area contributed by atoms with Crippen molar-refractivity contribution in [2.24, 2.45) is 5.92 Å². The third-order valence-electron chi connectivity index (χ3n) is 3.48. The number of carbonyl (C=O) groups excluding carboxylic acids is 1. The summed E-state index contributed by atoms with van der Waals surface area (Å²) < 4.78 is 10.3. The summed E-state index contributed by atoms with van der Waals surface area (Å²) in [5.41, 5.74) is 0.934. The van der Waals surface area contributed by atoms with Crippen LogP contribution in [0, 0.1) is 5.92 Å². The van der Waals surface area contributed by atoms with Crippen molar-refractivity contribution in [2.75, 3.05) is 20.3 Å². The highest BCUT2D eigenvalue weighted by atomic mass is 16.5. The van der Waals surface area contributed by atoms with Crippen LogP contribution in [0.1, 0.15) is 25.3 Å². The number of aromatic nitrogens is 1. The zero-order chi connectivity index (χ0) is 15.1. The summed E-state index contributed by atoms with van der Waals surface area (Å²) in [5, 5.41) is 5.78. The van der Waals surface area contributed by atoms with Crippen LogP contribution in [0.3, 0.4) is 0 Å². The summed E-state index contributed by atoms with van der Waals surface area (Å²) in [6, 6.07) is 3.80. The molecule has 1 unspecified atom stereocenters. The lowest BCUT2D eigenvalue weighted by Gasteiger charge is -2.13. The van der Waals surface area contributed by atoms with Crippen LogP contribution in [0.5, 0.6) is 5.88 Å². The number of urea groups is 1. The quantitative estimate of drug-likeness (QED) is 0.716. The number of rotatable bonds is 8. The van der Waals surface area contributed by atoms with E-state index in [9.17, 15) is 4.79 Å². The highest BCUT2D eigenvalue weighted by molar-refractivity contribution is 5.74. The van der Waals surface area contributed by atoms with Gasteiger partial charge in [-0.1, -0.05) is 6.07 Å². The maximum atomic E-state index is 11.7. The maximum absolute atomic E-state index is 11.7. The molecule has 1 saturated carbocycles.